The summed E-state index contributed by atoms with van der Waals surface area (Å²) in [5.41, 5.74) is -0.679. The number of carbonyl (C=O) groups is 2. The number of unbranched alkanes of at least 4 members (excludes halogenated alkanes) is 3. The van der Waals surface area contributed by atoms with Crippen molar-refractivity contribution in [3.8, 4) is 11.3 Å². The first-order valence-electron chi connectivity index (χ1n) is 10.5. The van der Waals surface area contributed by atoms with Gasteiger partial charge >= 0.3 is 18.2 Å². The third-order valence-corrected chi connectivity index (χ3v) is 4.98. The molecule has 0 spiro atoms. The summed E-state index contributed by atoms with van der Waals surface area (Å²) in [6.45, 7) is 2.61. The Morgan fingerprint density at radius 1 is 1.12 bits per heavy atom. The first kappa shape index (κ1) is 25.2. The number of nitrogens with zero attached hydrogens (tertiary/aromatic N) is 2. The third-order valence-electron chi connectivity index (χ3n) is 4.98. The predicted molar refractivity (Wildman–Crippen MR) is 117 cm³/mol. The molecule has 2 aromatic rings. The molecular formula is C23H28F3N3O3. The average molecular weight is 451 g/mol. The normalized spacial score (nSPS) is 11.3. The summed E-state index contributed by atoms with van der Waals surface area (Å²) in [6, 6.07) is 7.87. The lowest BCUT2D eigenvalue weighted by atomic mass is 9.98. The van der Waals surface area contributed by atoms with Crippen molar-refractivity contribution in [1.82, 2.24) is 10.3 Å². The number of urea groups is 1. The highest BCUT2D eigenvalue weighted by Crippen LogP contribution is 2.37. The fourth-order valence-electron chi connectivity index (χ4n) is 3.19. The van der Waals surface area contributed by atoms with E-state index >= 15 is 0 Å². The molecule has 0 fully saturated rings. The Labute approximate surface area is 185 Å². The van der Waals surface area contributed by atoms with Gasteiger partial charge in [0.1, 0.15) is 5.82 Å². The molecule has 32 heavy (non-hydrogen) atoms. The number of alkyl halides is 3. The lowest BCUT2D eigenvalue weighted by Gasteiger charge is -2.19. The van der Waals surface area contributed by atoms with Gasteiger partial charge in [0.25, 0.3) is 0 Å². The number of pyridine rings is 1. The van der Waals surface area contributed by atoms with Crippen molar-refractivity contribution in [1.29, 1.82) is 0 Å². The maximum atomic E-state index is 13.7. The number of rotatable bonds is 10. The molecule has 6 nitrogen and oxygen atoms in total. The molecule has 0 aliphatic rings. The van der Waals surface area contributed by atoms with E-state index in [0.717, 1.165) is 31.7 Å². The van der Waals surface area contributed by atoms with Crippen LogP contribution in [0.3, 0.4) is 0 Å². The molecule has 0 aliphatic carbocycles. The molecule has 1 aromatic heterocycles. The molecule has 0 unspecified atom stereocenters. The molecule has 2 amide bonds. The predicted octanol–water partition coefficient (Wildman–Crippen LogP) is 5.51. The Bertz CT molecular complexity index is 932. The van der Waals surface area contributed by atoms with Crippen molar-refractivity contribution in [2.24, 2.45) is 0 Å². The van der Waals surface area contributed by atoms with Gasteiger partial charge in [-0.25, -0.2) is 9.78 Å². The van der Waals surface area contributed by atoms with E-state index in [-0.39, 0.29) is 41.5 Å². The third kappa shape index (κ3) is 7.25. The number of benzene rings is 1. The van der Waals surface area contributed by atoms with Crippen molar-refractivity contribution < 1.29 is 27.9 Å². The summed E-state index contributed by atoms with van der Waals surface area (Å²) in [5.74, 6) is -0.861. The molecule has 9 heteroatoms. The summed E-state index contributed by atoms with van der Waals surface area (Å²) >= 11 is 0. The van der Waals surface area contributed by atoms with E-state index in [9.17, 15) is 22.8 Å². The van der Waals surface area contributed by atoms with Crippen LogP contribution < -0.4 is 10.2 Å². The molecule has 2 N–H and O–H groups in total. The molecule has 0 bridgehead atoms. The molecule has 0 radical (unpaired) electrons. The highest BCUT2D eigenvalue weighted by atomic mass is 19.4. The van der Waals surface area contributed by atoms with Gasteiger partial charge < -0.3 is 10.4 Å². The fraction of sp³-hybridized carbons (Fsp3) is 0.435. The second kappa shape index (κ2) is 11.5. The molecule has 174 valence electrons. The van der Waals surface area contributed by atoms with E-state index in [4.69, 9.17) is 5.11 Å². The van der Waals surface area contributed by atoms with E-state index in [1.807, 2.05) is 0 Å². The first-order valence-corrected chi connectivity index (χ1v) is 10.5. The Kier molecular flexibility index (Phi) is 9.04. The van der Waals surface area contributed by atoms with Crippen LogP contribution in [-0.2, 0) is 17.4 Å². The van der Waals surface area contributed by atoms with Crippen molar-refractivity contribution in [3.05, 3.63) is 47.5 Å². The Morgan fingerprint density at radius 3 is 2.53 bits per heavy atom. The number of aromatic nitrogens is 1. The number of aliphatic carboxylic acids is 1. The number of aryl methyl sites for hydroxylation is 1. The molecule has 0 saturated carbocycles. The number of hydrogen-bond donors (Lipinski definition) is 2. The second-order valence-electron chi connectivity index (χ2n) is 7.50. The quantitative estimate of drug-likeness (QED) is 0.467. The van der Waals surface area contributed by atoms with Gasteiger partial charge in [-0.3, -0.25) is 9.69 Å². The van der Waals surface area contributed by atoms with Gasteiger partial charge in [0.15, 0.2) is 0 Å². The van der Waals surface area contributed by atoms with Gasteiger partial charge in [-0.2, -0.15) is 13.2 Å². The van der Waals surface area contributed by atoms with Gasteiger partial charge in [-0.1, -0.05) is 44.4 Å². The van der Waals surface area contributed by atoms with Crippen LogP contribution >= 0.6 is 0 Å². The highest BCUT2D eigenvalue weighted by molar-refractivity contribution is 5.90. The van der Waals surface area contributed by atoms with Crippen LogP contribution in [0.5, 0.6) is 0 Å². The smallest absolute Gasteiger partial charge is 0.417 e. The van der Waals surface area contributed by atoms with Crippen LogP contribution in [0.15, 0.2) is 36.4 Å². The SMILES string of the molecule is CCCCCCNC(=O)N(C)c1cccc(-c2ccc(CCC(=O)O)cc2C(F)(F)F)n1. The van der Waals surface area contributed by atoms with E-state index in [0.29, 0.717) is 6.54 Å². The van der Waals surface area contributed by atoms with Gasteiger partial charge in [-0.15, -0.1) is 0 Å². The summed E-state index contributed by atoms with van der Waals surface area (Å²) in [4.78, 5) is 28.6. The number of halogens is 3. The maximum absolute atomic E-state index is 13.7. The maximum Gasteiger partial charge on any atom is 0.417 e. The topological polar surface area (TPSA) is 82.5 Å². The average Bonchev–Trinajstić information content (AvgIpc) is 2.76. The zero-order chi connectivity index (χ0) is 23.7. The lowest BCUT2D eigenvalue weighted by Crippen LogP contribution is -2.38. The number of amides is 2. The van der Waals surface area contributed by atoms with Crippen LogP contribution in [0.1, 0.15) is 50.2 Å². The van der Waals surface area contributed by atoms with E-state index < -0.39 is 17.7 Å². The van der Waals surface area contributed by atoms with Crippen LogP contribution in [-0.4, -0.2) is 35.7 Å². The van der Waals surface area contributed by atoms with Gasteiger partial charge in [0.05, 0.1) is 11.3 Å². The Hall–Kier alpha value is -3.10. The van der Waals surface area contributed by atoms with Crippen LogP contribution in [0.25, 0.3) is 11.3 Å². The molecular weight excluding hydrogens is 423 g/mol. The Balaban J connectivity index is 2.24. The number of nitrogens with one attached hydrogen (secondary N) is 1. The van der Waals surface area contributed by atoms with E-state index in [1.54, 1.807) is 12.1 Å². The summed E-state index contributed by atoms with van der Waals surface area (Å²) in [5, 5.41) is 11.6. The number of carboxylic acid groups (broad SMARTS) is 1. The molecule has 0 atom stereocenters. The number of carbonyl (C=O) groups excluding carboxylic acids is 1. The zero-order valence-electron chi connectivity index (χ0n) is 18.2. The minimum absolute atomic E-state index is 0.00662. The molecule has 2 rings (SSSR count). The molecule has 1 heterocycles. The van der Waals surface area contributed by atoms with Crippen LogP contribution in [0.4, 0.5) is 23.8 Å². The molecule has 0 saturated heterocycles. The molecule has 1 aromatic carbocycles. The summed E-state index contributed by atoms with van der Waals surface area (Å²) < 4.78 is 41.1. The van der Waals surface area contributed by atoms with Crippen molar-refractivity contribution >= 4 is 17.8 Å². The molecule has 0 aliphatic heterocycles. The minimum atomic E-state index is -4.64. The second-order valence-corrected chi connectivity index (χ2v) is 7.50. The zero-order valence-corrected chi connectivity index (χ0v) is 18.2. The first-order chi connectivity index (χ1) is 15.1. The van der Waals surface area contributed by atoms with Crippen LogP contribution in [0, 0.1) is 0 Å². The standard InChI is InChI=1S/C23H28F3N3O3/c1-3-4-5-6-14-27-22(32)29(2)20-9-7-8-19(28-20)17-12-10-16(11-13-21(30)31)15-18(17)23(24,25)26/h7-10,12,15H,3-6,11,13-14H2,1-2H3,(H,27,32)(H,30,31). The van der Waals surface area contributed by atoms with Gasteiger partial charge in [-0.05, 0) is 36.6 Å². The van der Waals surface area contributed by atoms with Gasteiger partial charge in [0.2, 0.25) is 0 Å². The number of hydrogen-bond acceptors (Lipinski definition) is 3. The number of carboxylic acids is 1. The minimum Gasteiger partial charge on any atom is -0.481 e. The van der Waals surface area contributed by atoms with E-state index in [1.165, 1.54) is 30.1 Å². The highest BCUT2D eigenvalue weighted by Gasteiger charge is 2.34. The monoisotopic (exact) mass is 451 g/mol. The largest absolute Gasteiger partial charge is 0.481 e. The Morgan fingerprint density at radius 2 is 1.88 bits per heavy atom. The van der Waals surface area contributed by atoms with Gasteiger partial charge in [0, 0.05) is 25.6 Å². The fourth-order valence-corrected chi connectivity index (χ4v) is 3.19. The summed E-state index contributed by atoms with van der Waals surface area (Å²) in [7, 11) is 1.51. The van der Waals surface area contributed by atoms with Crippen molar-refractivity contribution in [2.75, 3.05) is 18.5 Å². The van der Waals surface area contributed by atoms with Crippen molar-refractivity contribution in [3.63, 3.8) is 0 Å². The summed E-state index contributed by atoms with van der Waals surface area (Å²) in [6.07, 6.45) is -0.873. The van der Waals surface area contributed by atoms with Crippen molar-refractivity contribution in [2.45, 2.75) is 51.6 Å². The number of anilines is 1. The van der Waals surface area contributed by atoms with Crippen LogP contribution in [0.2, 0.25) is 0 Å². The van der Waals surface area contributed by atoms with E-state index in [2.05, 4.69) is 17.2 Å². The lowest BCUT2D eigenvalue weighted by molar-refractivity contribution is -0.137.